The number of carbonyl (C=O) groups is 1. The summed E-state index contributed by atoms with van der Waals surface area (Å²) in [5, 5.41) is 12.4. The zero-order chi connectivity index (χ0) is 19.3. The Morgan fingerprint density at radius 3 is 2.68 bits per heavy atom. The van der Waals surface area contributed by atoms with E-state index in [-0.39, 0.29) is 11.7 Å². The van der Waals surface area contributed by atoms with Crippen molar-refractivity contribution in [1.29, 1.82) is 0 Å². The Labute approximate surface area is 168 Å². The molecule has 4 rings (SSSR count). The topological polar surface area (TPSA) is 76.2 Å². The Bertz CT molecular complexity index is 915. The van der Waals surface area contributed by atoms with E-state index in [4.69, 9.17) is 4.42 Å². The number of rotatable bonds is 7. The molecule has 1 fully saturated rings. The average molecular weight is 398 g/mol. The van der Waals surface area contributed by atoms with Crippen molar-refractivity contribution in [3.05, 3.63) is 54.0 Å². The molecule has 1 aromatic carbocycles. The molecule has 146 valence electrons. The van der Waals surface area contributed by atoms with Crippen molar-refractivity contribution in [3.63, 3.8) is 0 Å². The Balaban J connectivity index is 1.45. The SMILES string of the molecule is Cc1ccc(NC(=O)CSc2nnc(N3CCCC3)n2Cc2ccco2)cc1. The maximum atomic E-state index is 12.3. The van der Waals surface area contributed by atoms with Crippen LogP contribution in [0.1, 0.15) is 24.2 Å². The van der Waals surface area contributed by atoms with E-state index in [2.05, 4.69) is 20.4 Å². The molecule has 0 aliphatic carbocycles. The fraction of sp³-hybridized carbons (Fsp3) is 0.350. The summed E-state index contributed by atoms with van der Waals surface area (Å²) in [6.07, 6.45) is 3.99. The number of amides is 1. The molecule has 2 aromatic heterocycles. The van der Waals surface area contributed by atoms with Crippen molar-refractivity contribution >= 4 is 29.3 Å². The van der Waals surface area contributed by atoms with Crippen LogP contribution in [0, 0.1) is 6.92 Å². The quantitative estimate of drug-likeness (QED) is 0.615. The van der Waals surface area contributed by atoms with Gasteiger partial charge in [-0.05, 0) is 44.0 Å². The first-order chi connectivity index (χ1) is 13.7. The lowest BCUT2D eigenvalue weighted by atomic mass is 10.2. The van der Waals surface area contributed by atoms with E-state index < -0.39 is 0 Å². The Morgan fingerprint density at radius 1 is 1.18 bits per heavy atom. The van der Waals surface area contributed by atoms with Crippen LogP contribution < -0.4 is 10.2 Å². The molecule has 0 spiro atoms. The molecule has 8 heteroatoms. The van der Waals surface area contributed by atoms with Crippen LogP contribution in [0.3, 0.4) is 0 Å². The van der Waals surface area contributed by atoms with Gasteiger partial charge in [0.05, 0.1) is 18.6 Å². The van der Waals surface area contributed by atoms with Gasteiger partial charge in [0.25, 0.3) is 0 Å². The van der Waals surface area contributed by atoms with Crippen molar-refractivity contribution in [2.24, 2.45) is 0 Å². The molecule has 1 amide bonds. The zero-order valence-corrected chi connectivity index (χ0v) is 16.6. The molecule has 3 aromatic rings. The summed E-state index contributed by atoms with van der Waals surface area (Å²) in [7, 11) is 0. The van der Waals surface area contributed by atoms with Crippen molar-refractivity contribution in [2.75, 3.05) is 29.1 Å². The van der Waals surface area contributed by atoms with Crippen molar-refractivity contribution < 1.29 is 9.21 Å². The van der Waals surface area contributed by atoms with Crippen molar-refractivity contribution in [2.45, 2.75) is 31.5 Å². The lowest BCUT2D eigenvalue weighted by Gasteiger charge is -2.17. The third kappa shape index (κ3) is 4.39. The van der Waals surface area contributed by atoms with Crippen molar-refractivity contribution in [1.82, 2.24) is 14.8 Å². The van der Waals surface area contributed by atoms with E-state index in [0.29, 0.717) is 6.54 Å². The highest BCUT2D eigenvalue weighted by atomic mass is 32.2. The second-order valence-corrected chi connectivity index (χ2v) is 7.79. The van der Waals surface area contributed by atoms with Crippen LogP contribution in [0.15, 0.2) is 52.2 Å². The Hall–Kier alpha value is -2.74. The first-order valence-electron chi connectivity index (χ1n) is 9.39. The molecule has 0 bridgehead atoms. The van der Waals surface area contributed by atoms with E-state index in [1.54, 1.807) is 6.26 Å². The minimum Gasteiger partial charge on any atom is -0.467 e. The van der Waals surface area contributed by atoms with Crippen LogP contribution in [0.4, 0.5) is 11.6 Å². The van der Waals surface area contributed by atoms with Crippen LogP contribution in [-0.4, -0.2) is 39.5 Å². The van der Waals surface area contributed by atoms with Crippen LogP contribution in [0.25, 0.3) is 0 Å². The highest BCUT2D eigenvalue weighted by Gasteiger charge is 2.22. The first-order valence-corrected chi connectivity index (χ1v) is 10.4. The molecule has 1 saturated heterocycles. The normalized spacial score (nSPS) is 13.8. The van der Waals surface area contributed by atoms with Gasteiger partial charge in [-0.15, -0.1) is 10.2 Å². The summed E-state index contributed by atoms with van der Waals surface area (Å²) in [5.74, 6) is 1.88. The molecular weight excluding hydrogens is 374 g/mol. The molecule has 0 atom stereocenters. The lowest BCUT2D eigenvalue weighted by Crippen LogP contribution is -2.22. The molecule has 1 N–H and O–H groups in total. The molecule has 0 radical (unpaired) electrons. The molecule has 0 saturated carbocycles. The lowest BCUT2D eigenvalue weighted by molar-refractivity contribution is -0.113. The van der Waals surface area contributed by atoms with Gasteiger partial charge in [-0.1, -0.05) is 29.5 Å². The number of aryl methyl sites for hydroxylation is 1. The van der Waals surface area contributed by atoms with Gasteiger partial charge in [0.15, 0.2) is 5.16 Å². The van der Waals surface area contributed by atoms with Crippen molar-refractivity contribution in [3.8, 4) is 0 Å². The van der Waals surface area contributed by atoms with Crippen LogP contribution >= 0.6 is 11.8 Å². The van der Waals surface area contributed by atoms with E-state index >= 15 is 0 Å². The summed E-state index contributed by atoms with van der Waals surface area (Å²) in [4.78, 5) is 14.6. The highest BCUT2D eigenvalue weighted by Crippen LogP contribution is 2.26. The van der Waals surface area contributed by atoms with E-state index in [1.807, 2.05) is 47.9 Å². The number of anilines is 2. The minimum atomic E-state index is -0.0656. The summed E-state index contributed by atoms with van der Waals surface area (Å²) in [6.45, 7) is 4.53. The minimum absolute atomic E-state index is 0.0656. The van der Waals surface area contributed by atoms with Crippen LogP contribution in [0.5, 0.6) is 0 Å². The monoisotopic (exact) mass is 397 g/mol. The number of hydrogen-bond donors (Lipinski definition) is 1. The molecule has 7 nitrogen and oxygen atoms in total. The summed E-state index contributed by atoms with van der Waals surface area (Å²) < 4.78 is 7.55. The van der Waals surface area contributed by atoms with E-state index in [1.165, 1.54) is 11.8 Å². The summed E-state index contributed by atoms with van der Waals surface area (Å²) in [5.41, 5.74) is 1.96. The third-order valence-electron chi connectivity index (χ3n) is 4.65. The molecular formula is C20H23N5O2S. The van der Waals surface area contributed by atoms with E-state index in [0.717, 1.165) is 54.0 Å². The second-order valence-electron chi connectivity index (χ2n) is 6.85. The van der Waals surface area contributed by atoms with E-state index in [9.17, 15) is 4.79 Å². The van der Waals surface area contributed by atoms with Gasteiger partial charge in [0, 0.05) is 18.8 Å². The number of benzene rings is 1. The molecule has 3 heterocycles. The number of thioether (sulfide) groups is 1. The van der Waals surface area contributed by atoms with Gasteiger partial charge >= 0.3 is 0 Å². The second kappa shape index (κ2) is 8.52. The Kier molecular flexibility index (Phi) is 5.66. The molecule has 28 heavy (non-hydrogen) atoms. The molecule has 0 unspecified atom stereocenters. The van der Waals surface area contributed by atoms with Gasteiger partial charge in [0.2, 0.25) is 11.9 Å². The van der Waals surface area contributed by atoms with Gasteiger partial charge in [-0.25, -0.2) is 0 Å². The maximum Gasteiger partial charge on any atom is 0.234 e. The number of furan rings is 1. The number of aromatic nitrogens is 3. The van der Waals surface area contributed by atoms with Gasteiger partial charge in [-0.3, -0.25) is 9.36 Å². The number of nitrogens with zero attached hydrogens (tertiary/aromatic N) is 4. The number of nitrogens with one attached hydrogen (secondary N) is 1. The summed E-state index contributed by atoms with van der Waals surface area (Å²) in [6, 6.07) is 11.6. The zero-order valence-electron chi connectivity index (χ0n) is 15.8. The number of hydrogen-bond acceptors (Lipinski definition) is 6. The first kappa shape index (κ1) is 18.6. The third-order valence-corrected chi connectivity index (χ3v) is 5.61. The largest absolute Gasteiger partial charge is 0.467 e. The predicted molar refractivity (Wildman–Crippen MR) is 110 cm³/mol. The highest BCUT2D eigenvalue weighted by molar-refractivity contribution is 7.99. The summed E-state index contributed by atoms with van der Waals surface area (Å²) >= 11 is 1.39. The van der Waals surface area contributed by atoms with Gasteiger partial charge < -0.3 is 14.6 Å². The molecule has 1 aliphatic heterocycles. The predicted octanol–water partition coefficient (Wildman–Crippen LogP) is 3.56. The maximum absolute atomic E-state index is 12.3. The number of carbonyl (C=O) groups excluding carboxylic acids is 1. The van der Waals surface area contributed by atoms with Crippen LogP contribution in [-0.2, 0) is 11.3 Å². The smallest absolute Gasteiger partial charge is 0.234 e. The average Bonchev–Trinajstić information content (AvgIpc) is 3.44. The van der Waals surface area contributed by atoms with Gasteiger partial charge in [0.1, 0.15) is 5.76 Å². The standard InChI is InChI=1S/C20H23N5O2S/c1-15-6-8-16(9-7-15)21-18(26)14-28-20-23-22-19(24-10-2-3-11-24)25(20)13-17-5-4-12-27-17/h4-9,12H,2-3,10-11,13-14H2,1H3,(H,21,26). The molecule has 1 aliphatic rings. The van der Waals surface area contributed by atoms with Gasteiger partial charge in [-0.2, -0.15) is 0 Å². The fourth-order valence-corrected chi connectivity index (χ4v) is 3.93. The fourth-order valence-electron chi connectivity index (χ4n) is 3.20. The Morgan fingerprint density at radius 2 is 1.96 bits per heavy atom. The van der Waals surface area contributed by atoms with Crippen LogP contribution in [0.2, 0.25) is 0 Å².